The molecule has 1 N–H and O–H groups in total. The second-order valence-electron chi connectivity index (χ2n) is 5.46. The van der Waals surface area contributed by atoms with Crippen molar-refractivity contribution >= 4 is 42.1 Å². The summed E-state index contributed by atoms with van der Waals surface area (Å²) in [6, 6.07) is -0.819. The zero-order valence-electron chi connectivity index (χ0n) is 13.8. The molecule has 1 aliphatic rings. The zero-order valence-corrected chi connectivity index (χ0v) is 16.2. The minimum absolute atomic E-state index is 0. The van der Waals surface area contributed by atoms with Gasteiger partial charge in [-0.15, -0.1) is 36.2 Å². The number of rotatable bonds is 6. The van der Waals surface area contributed by atoms with Gasteiger partial charge in [-0.05, 0) is 13.8 Å². The number of aromatic nitrogens is 1. The highest BCUT2D eigenvalue weighted by Crippen LogP contribution is 2.26. The van der Waals surface area contributed by atoms with Crippen LogP contribution in [-0.4, -0.2) is 48.0 Å². The van der Waals surface area contributed by atoms with Gasteiger partial charge in [0.2, 0.25) is 5.91 Å². The first-order valence-corrected chi connectivity index (χ1v) is 8.12. The molecule has 2 unspecified atom stereocenters. The number of ether oxygens (including phenoxy) is 1. The van der Waals surface area contributed by atoms with E-state index >= 15 is 0 Å². The van der Waals surface area contributed by atoms with E-state index in [9.17, 15) is 13.6 Å². The molecule has 2 heterocycles. The molecule has 1 saturated heterocycles. The third kappa shape index (κ3) is 6.07. The van der Waals surface area contributed by atoms with Crippen molar-refractivity contribution in [1.82, 2.24) is 15.2 Å². The molecule has 0 saturated carbocycles. The summed E-state index contributed by atoms with van der Waals surface area (Å²) in [4.78, 5) is 18.0. The van der Waals surface area contributed by atoms with Crippen LogP contribution >= 0.6 is 36.2 Å². The van der Waals surface area contributed by atoms with Crippen molar-refractivity contribution in [2.75, 3.05) is 20.2 Å². The minimum atomic E-state index is -2.80. The molecular formula is C14H23Cl2F2N3O2S. The summed E-state index contributed by atoms with van der Waals surface area (Å²) in [5.41, 5.74) is 0.743. The van der Waals surface area contributed by atoms with E-state index in [0.29, 0.717) is 13.2 Å². The Bertz CT molecular complexity index is 534. The molecule has 10 heteroatoms. The molecule has 2 rings (SSSR count). The van der Waals surface area contributed by atoms with Gasteiger partial charge in [0.25, 0.3) is 5.92 Å². The molecule has 0 bridgehead atoms. The summed E-state index contributed by atoms with van der Waals surface area (Å²) < 4.78 is 31.8. The largest absolute Gasteiger partial charge is 0.372 e. The quantitative estimate of drug-likeness (QED) is 0.789. The second kappa shape index (κ2) is 9.82. The first kappa shape index (κ1) is 23.5. The van der Waals surface area contributed by atoms with Gasteiger partial charge >= 0.3 is 0 Å². The smallest absolute Gasteiger partial charge is 0.262 e. The highest BCUT2D eigenvalue weighted by atomic mass is 35.5. The first-order chi connectivity index (χ1) is 10.3. The van der Waals surface area contributed by atoms with Crippen LogP contribution < -0.4 is 5.32 Å². The second-order valence-corrected chi connectivity index (χ2v) is 6.35. The highest BCUT2D eigenvalue weighted by Gasteiger charge is 2.43. The molecule has 1 aliphatic heterocycles. The Morgan fingerprint density at radius 3 is 2.79 bits per heavy atom. The van der Waals surface area contributed by atoms with Gasteiger partial charge < -0.3 is 9.64 Å². The van der Waals surface area contributed by atoms with Crippen molar-refractivity contribution < 1.29 is 18.3 Å². The first-order valence-electron chi connectivity index (χ1n) is 7.24. The van der Waals surface area contributed by atoms with Crippen LogP contribution in [0.5, 0.6) is 0 Å². The van der Waals surface area contributed by atoms with Crippen molar-refractivity contribution in [3.63, 3.8) is 0 Å². The molecule has 0 spiro atoms. The number of carbonyl (C=O) groups is 1. The lowest BCUT2D eigenvalue weighted by Gasteiger charge is -2.20. The fraction of sp³-hybridized carbons (Fsp3) is 0.714. The Morgan fingerprint density at radius 2 is 2.25 bits per heavy atom. The summed E-state index contributed by atoms with van der Waals surface area (Å²) in [5, 5.41) is 5.29. The van der Waals surface area contributed by atoms with Gasteiger partial charge in [-0.25, -0.2) is 13.8 Å². The molecule has 140 valence electrons. The van der Waals surface area contributed by atoms with E-state index in [1.807, 2.05) is 19.2 Å². The van der Waals surface area contributed by atoms with Crippen LogP contribution in [0, 0.1) is 0 Å². The van der Waals surface area contributed by atoms with Crippen LogP contribution in [0.2, 0.25) is 0 Å². The van der Waals surface area contributed by atoms with Gasteiger partial charge in [-0.3, -0.25) is 10.1 Å². The Balaban J connectivity index is 0.00000264. The van der Waals surface area contributed by atoms with E-state index in [2.05, 4.69) is 10.3 Å². The fourth-order valence-electron chi connectivity index (χ4n) is 2.38. The molecule has 1 aromatic rings. The molecule has 1 amide bonds. The maximum absolute atomic E-state index is 13.2. The van der Waals surface area contributed by atoms with Crippen LogP contribution in [0.1, 0.15) is 37.1 Å². The van der Waals surface area contributed by atoms with Crippen LogP contribution in [-0.2, 0) is 16.1 Å². The number of carbonyl (C=O) groups excluding carboxylic acids is 1. The highest BCUT2D eigenvalue weighted by molar-refractivity contribution is 7.09. The van der Waals surface area contributed by atoms with Crippen molar-refractivity contribution in [1.29, 1.82) is 0 Å². The van der Waals surface area contributed by atoms with E-state index in [4.69, 9.17) is 4.74 Å². The molecule has 5 nitrogen and oxygen atoms in total. The molecule has 1 aromatic heterocycles. The summed E-state index contributed by atoms with van der Waals surface area (Å²) in [5.74, 6) is -3.13. The molecule has 2 atom stereocenters. The minimum Gasteiger partial charge on any atom is -0.372 e. The number of halogens is 4. The number of alkyl halides is 2. The summed E-state index contributed by atoms with van der Waals surface area (Å²) in [6.45, 7) is 4.31. The van der Waals surface area contributed by atoms with E-state index in [1.165, 1.54) is 16.2 Å². The summed E-state index contributed by atoms with van der Waals surface area (Å²) in [7, 11) is 1.60. The fourth-order valence-corrected chi connectivity index (χ4v) is 3.19. The van der Waals surface area contributed by atoms with Crippen molar-refractivity contribution in [2.45, 2.75) is 44.9 Å². The van der Waals surface area contributed by atoms with E-state index in [1.54, 1.807) is 7.05 Å². The molecule has 0 aromatic carbocycles. The lowest BCUT2D eigenvalue weighted by molar-refractivity contribution is -0.133. The van der Waals surface area contributed by atoms with Crippen molar-refractivity contribution in [2.24, 2.45) is 0 Å². The number of hydrogen-bond acceptors (Lipinski definition) is 5. The molecular weight excluding hydrogens is 383 g/mol. The molecule has 0 aliphatic carbocycles. The lowest BCUT2D eigenvalue weighted by Crippen LogP contribution is -2.41. The summed E-state index contributed by atoms with van der Waals surface area (Å²) in [6.07, 6.45) is -0.528. The Hall–Kier alpha value is -0.540. The average molecular weight is 406 g/mol. The Morgan fingerprint density at radius 1 is 1.58 bits per heavy atom. The maximum atomic E-state index is 13.2. The average Bonchev–Trinajstić information content (AvgIpc) is 3.04. The van der Waals surface area contributed by atoms with E-state index in [0.717, 1.165) is 10.7 Å². The zero-order chi connectivity index (χ0) is 16.3. The van der Waals surface area contributed by atoms with E-state index < -0.39 is 24.9 Å². The predicted molar refractivity (Wildman–Crippen MR) is 94.5 cm³/mol. The van der Waals surface area contributed by atoms with Gasteiger partial charge in [-0.2, -0.15) is 0 Å². The van der Waals surface area contributed by atoms with Crippen LogP contribution in [0.3, 0.4) is 0 Å². The Labute approximate surface area is 157 Å². The molecule has 0 radical (unpaired) electrons. The van der Waals surface area contributed by atoms with Gasteiger partial charge in [-0.1, -0.05) is 0 Å². The molecule has 24 heavy (non-hydrogen) atoms. The van der Waals surface area contributed by atoms with Crippen LogP contribution in [0.25, 0.3) is 0 Å². The van der Waals surface area contributed by atoms with Gasteiger partial charge in [0, 0.05) is 25.5 Å². The normalized spacial score (nSPS) is 20.0. The SMILES string of the molecule is CCOC(C)c1nc(CN(C)C(=O)C2CC(F)(F)CN2)cs1.Cl.Cl. The number of likely N-dealkylation sites (N-methyl/N-ethyl adjacent to an activating group) is 1. The van der Waals surface area contributed by atoms with Crippen LogP contribution in [0.15, 0.2) is 5.38 Å². The van der Waals surface area contributed by atoms with Gasteiger partial charge in [0.05, 0.1) is 24.8 Å². The van der Waals surface area contributed by atoms with Gasteiger partial charge in [0.1, 0.15) is 11.1 Å². The Kier molecular flexibility index (Phi) is 9.60. The number of thiazole rings is 1. The topological polar surface area (TPSA) is 54.5 Å². The standard InChI is InChI=1S/C14H21F2N3O2S.2ClH/c1-4-21-9(2)12-18-10(7-22-12)6-19(3)13(20)11-5-14(15,16)8-17-11;;/h7,9,11,17H,4-6,8H2,1-3H3;2*1H. The van der Waals surface area contributed by atoms with Crippen LogP contribution in [0.4, 0.5) is 8.78 Å². The van der Waals surface area contributed by atoms with E-state index in [-0.39, 0.29) is 36.8 Å². The van der Waals surface area contributed by atoms with Crippen molar-refractivity contribution in [3.05, 3.63) is 16.1 Å². The summed E-state index contributed by atoms with van der Waals surface area (Å²) >= 11 is 1.47. The third-order valence-electron chi connectivity index (χ3n) is 3.52. The number of nitrogens with zero attached hydrogens (tertiary/aromatic N) is 2. The number of amides is 1. The lowest BCUT2D eigenvalue weighted by atomic mass is 10.1. The third-order valence-corrected chi connectivity index (χ3v) is 4.57. The number of hydrogen-bond donors (Lipinski definition) is 1. The van der Waals surface area contributed by atoms with Crippen molar-refractivity contribution in [3.8, 4) is 0 Å². The maximum Gasteiger partial charge on any atom is 0.262 e. The predicted octanol–water partition coefficient (Wildman–Crippen LogP) is 3.04. The number of nitrogens with one attached hydrogen (secondary N) is 1. The van der Waals surface area contributed by atoms with Gasteiger partial charge in [0.15, 0.2) is 0 Å². The monoisotopic (exact) mass is 405 g/mol. The molecule has 1 fully saturated rings.